The molecule has 0 atom stereocenters. The number of nitrogens with zero attached hydrogens (tertiary/aromatic N) is 2. The highest BCUT2D eigenvalue weighted by molar-refractivity contribution is 6.17. The van der Waals surface area contributed by atoms with Gasteiger partial charge in [-0.25, -0.2) is 13.8 Å². The quantitative estimate of drug-likeness (QED) is 0.617. The lowest BCUT2D eigenvalue weighted by Crippen LogP contribution is -2.13. The van der Waals surface area contributed by atoms with Gasteiger partial charge in [0.15, 0.2) is 0 Å². The van der Waals surface area contributed by atoms with E-state index in [1.54, 1.807) is 13.0 Å². The molecule has 7 heteroatoms. The Labute approximate surface area is 114 Å². The van der Waals surface area contributed by atoms with Crippen LogP contribution in [0, 0.1) is 11.3 Å². The van der Waals surface area contributed by atoms with Crippen molar-refractivity contribution in [2.75, 3.05) is 6.61 Å². The summed E-state index contributed by atoms with van der Waals surface area (Å²) in [7, 11) is 0. The number of hydrogen-bond acceptors (Lipinski definition) is 4. The van der Waals surface area contributed by atoms with Gasteiger partial charge in [-0.1, -0.05) is 0 Å². The van der Waals surface area contributed by atoms with Crippen molar-refractivity contribution in [1.29, 1.82) is 5.26 Å². The fourth-order valence-corrected chi connectivity index (χ4v) is 1.83. The Bertz CT molecular complexity index is 515. The minimum Gasteiger partial charge on any atom is -0.466 e. The third kappa shape index (κ3) is 3.61. The van der Waals surface area contributed by atoms with Gasteiger partial charge in [0, 0.05) is 23.2 Å². The van der Waals surface area contributed by atoms with E-state index in [1.165, 1.54) is 0 Å². The van der Waals surface area contributed by atoms with Crippen molar-refractivity contribution in [3.8, 4) is 6.07 Å². The molecule has 1 aromatic rings. The van der Waals surface area contributed by atoms with Crippen LogP contribution in [0.1, 0.15) is 35.7 Å². The molecule has 0 spiro atoms. The first-order valence-corrected chi connectivity index (χ1v) is 5.99. The number of carbonyl (C=O) groups is 1. The molecule has 0 fully saturated rings. The molecule has 102 valence electrons. The summed E-state index contributed by atoms with van der Waals surface area (Å²) in [6.07, 6.45) is -2.14. The summed E-state index contributed by atoms with van der Waals surface area (Å²) in [4.78, 5) is 15.2. The zero-order valence-corrected chi connectivity index (χ0v) is 10.9. The summed E-state index contributed by atoms with van der Waals surface area (Å²) >= 11 is 5.57. The number of pyridine rings is 1. The summed E-state index contributed by atoms with van der Waals surface area (Å²) in [6, 6.07) is 1.69. The highest BCUT2D eigenvalue weighted by atomic mass is 35.5. The van der Waals surface area contributed by atoms with Crippen LogP contribution in [0.25, 0.3) is 0 Å². The Morgan fingerprint density at radius 2 is 2.32 bits per heavy atom. The highest BCUT2D eigenvalue weighted by Gasteiger charge is 2.23. The monoisotopic (exact) mass is 288 g/mol. The summed E-state index contributed by atoms with van der Waals surface area (Å²) in [5.41, 5.74) is -0.629. The molecule has 0 aliphatic carbocycles. The largest absolute Gasteiger partial charge is 0.466 e. The minimum absolute atomic E-state index is 0.106. The number of alkyl halides is 3. The molecule has 0 N–H and O–H groups in total. The number of halogens is 3. The Kier molecular flexibility index (Phi) is 5.64. The van der Waals surface area contributed by atoms with Gasteiger partial charge in [0.25, 0.3) is 6.43 Å². The van der Waals surface area contributed by atoms with E-state index >= 15 is 0 Å². The second-order valence-corrected chi connectivity index (χ2v) is 3.82. The standard InChI is InChI=1S/C12H11ClF2N2O2/c1-2-19-10(18)3-8-9(5-16)17-6-7(4-13)11(8)12(14)15/h6,12H,2-4H2,1H3. The van der Waals surface area contributed by atoms with Gasteiger partial charge in [-0.2, -0.15) is 5.26 Å². The van der Waals surface area contributed by atoms with Gasteiger partial charge < -0.3 is 4.74 Å². The first-order valence-electron chi connectivity index (χ1n) is 5.45. The van der Waals surface area contributed by atoms with Crippen LogP contribution >= 0.6 is 11.6 Å². The van der Waals surface area contributed by atoms with Gasteiger partial charge in [-0.15, -0.1) is 11.6 Å². The number of aromatic nitrogens is 1. The molecule has 0 amide bonds. The maximum absolute atomic E-state index is 13.1. The summed E-state index contributed by atoms with van der Waals surface area (Å²) < 4.78 is 30.9. The maximum Gasteiger partial charge on any atom is 0.310 e. The van der Waals surface area contributed by atoms with Gasteiger partial charge in [0.05, 0.1) is 13.0 Å². The fraction of sp³-hybridized carbons (Fsp3) is 0.417. The zero-order valence-electron chi connectivity index (χ0n) is 10.1. The Morgan fingerprint density at radius 3 is 2.79 bits per heavy atom. The summed E-state index contributed by atoms with van der Waals surface area (Å²) in [5, 5.41) is 8.89. The van der Waals surface area contributed by atoms with Crippen LogP contribution < -0.4 is 0 Å². The van der Waals surface area contributed by atoms with Crippen LogP contribution in [0.5, 0.6) is 0 Å². The van der Waals surface area contributed by atoms with Gasteiger partial charge in [-0.3, -0.25) is 4.79 Å². The van der Waals surface area contributed by atoms with Crippen molar-refractivity contribution in [3.63, 3.8) is 0 Å². The van der Waals surface area contributed by atoms with Gasteiger partial charge >= 0.3 is 5.97 Å². The molecule has 1 rings (SSSR count). The topological polar surface area (TPSA) is 63.0 Å². The van der Waals surface area contributed by atoms with Gasteiger partial charge in [-0.05, 0) is 12.5 Å². The molecular weight excluding hydrogens is 278 g/mol. The summed E-state index contributed by atoms with van der Waals surface area (Å²) in [6.45, 7) is 1.73. The highest BCUT2D eigenvalue weighted by Crippen LogP contribution is 2.29. The van der Waals surface area contributed by atoms with Crippen molar-refractivity contribution >= 4 is 17.6 Å². The second-order valence-electron chi connectivity index (χ2n) is 3.55. The van der Waals surface area contributed by atoms with E-state index in [2.05, 4.69) is 4.98 Å². The molecule has 0 bridgehead atoms. The molecule has 0 aliphatic heterocycles. The van der Waals surface area contributed by atoms with Crippen LogP contribution in [0.2, 0.25) is 0 Å². The molecule has 0 saturated heterocycles. The molecule has 0 radical (unpaired) electrons. The number of nitriles is 1. The fourth-order valence-electron chi connectivity index (χ4n) is 1.62. The van der Waals surface area contributed by atoms with Crippen molar-refractivity contribution in [2.45, 2.75) is 25.7 Å². The third-order valence-electron chi connectivity index (χ3n) is 2.40. The smallest absolute Gasteiger partial charge is 0.310 e. The number of esters is 1. The number of ether oxygens (including phenoxy) is 1. The predicted octanol–water partition coefficient (Wildman–Crippen LogP) is 2.74. The molecule has 0 unspecified atom stereocenters. The van der Waals surface area contributed by atoms with E-state index in [9.17, 15) is 13.6 Å². The van der Waals surface area contributed by atoms with Crippen molar-refractivity contribution < 1.29 is 18.3 Å². The van der Waals surface area contributed by atoms with Crippen LogP contribution in [-0.2, 0) is 21.8 Å². The van der Waals surface area contributed by atoms with Gasteiger partial charge in [0.1, 0.15) is 11.8 Å². The lowest BCUT2D eigenvalue weighted by Gasteiger charge is -2.13. The van der Waals surface area contributed by atoms with E-state index in [0.29, 0.717) is 0 Å². The van der Waals surface area contributed by atoms with Crippen molar-refractivity contribution in [2.24, 2.45) is 0 Å². The van der Waals surface area contributed by atoms with Gasteiger partial charge in [0.2, 0.25) is 0 Å². The third-order valence-corrected chi connectivity index (χ3v) is 2.69. The Hall–Kier alpha value is -1.74. The first-order chi connectivity index (χ1) is 9.04. The normalized spacial score (nSPS) is 10.3. The van der Waals surface area contributed by atoms with E-state index < -0.39 is 24.4 Å². The number of hydrogen-bond donors (Lipinski definition) is 0. The van der Waals surface area contributed by atoms with Crippen LogP contribution in [0.4, 0.5) is 8.78 Å². The number of rotatable bonds is 5. The van der Waals surface area contributed by atoms with Crippen molar-refractivity contribution in [3.05, 3.63) is 28.6 Å². The van der Waals surface area contributed by atoms with E-state index in [1.807, 2.05) is 0 Å². The molecule has 19 heavy (non-hydrogen) atoms. The molecule has 1 aromatic heterocycles. The second kappa shape index (κ2) is 7.00. The minimum atomic E-state index is -2.84. The Balaban J connectivity index is 3.31. The van der Waals surface area contributed by atoms with Crippen LogP contribution in [0.15, 0.2) is 6.20 Å². The predicted molar refractivity (Wildman–Crippen MR) is 63.8 cm³/mol. The molecule has 4 nitrogen and oxygen atoms in total. The molecule has 0 saturated carbocycles. The average Bonchev–Trinajstić information content (AvgIpc) is 2.37. The van der Waals surface area contributed by atoms with E-state index in [0.717, 1.165) is 6.20 Å². The molecule has 1 heterocycles. The SMILES string of the molecule is CCOC(=O)Cc1c(C#N)ncc(CCl)c1C(F)F. The average molecular weight is 289 g/mol. The van der Waals surface area contributed by atoms with E-state index in [4.69, 9.17) is 21.6 Å². The molecule has 0 aromatic carbocycles. The summed E-state index contributed by atoms with van der Waals surface area (Å²) in [5.74, 6) is -0.858. The Morgan fingerprint density at radius 1 is 1.63 bits per heavy atom. The molecular formula is C12H11ClF2N2O2. The van der Waals surface area contributed by atoms with Crippen molar-refractivity contribution in [1.82, 2.24) is 4.98 Å². The van der Waals surface area contributed by atoms with Crippen LogP contribution in [-0.4, -0.2) is 17.6 Å². The van der Waals surface area contributed by atoms with E-state index in [-0.39, 0.29) is 29.3 Å². The maximum atomic E-state index is 13.1. The van der Waals surface area contributed by atoms with Crippen LogP contribution in [0.3, 0.4) is 0 Å². The lowest BCUT2D eigenvalue weighted by atomic mass is 9.99. The lowest BCUT2D eigenvalue weighted by molar-refractivity contribution is -0.142. The molecule has 0 aliphatic rings. The zero-order chi connectivity index (χ0) is 14.4. The number of carbonyl (C=O) groups excluding carboxylic acids is 1. The first kappa shape index (κ1) is 15.3.